The standard InChI is InChI=1S/C32H35N7O4S/c1-20-13-14-23(34-31(40)25-15-22(32(3,4)5)16-27(30(25)43-6)36-44(7,41)42)17-29(20)38-19-28(35-37-38)26-18-33-39(21(26)2)24-11-9-8-10-12-24/h8-19,36H,1-7H3,(H,34,40). The zero-order chi connectivity index (χ0) is 31.8. The predicted molar refractivity (Wildman–Crippen MR) is 172 cm³/mol. The summed E-state index contributed by atoms with van der Waals surface area (Å²) in [6.45, 7) is 9.87. The summed E-state index contributed by atoms with van der Waals surface area (Å²) in [4.78, 5) is 13.7. The van der Waals surface area contributed by atoms with Gasteiger partial charge in [0, 0.05) is 11.3 Å². The highest BCUT2D eigenvalue weighted by atomic mass is 32.2. The van der Waals surface area contributed by atoms with E-state index in [1.807, 2.05) is 88.0 Å². The molecule has 5 aromatic rings. The van der Waals surface area contributed by atoms with Crippen molar-refractivity contribution >= 4 is 27.3 Å². The molecule has 0 saturated heterocycles. The van der Waals surface area contributed by atoms with Crippen molar-refractivity contribution in [2.45, 2.75) is 40.0 Å². The van der Waals surface area contributed by atoms with Crippen molar-refractivity contribution in [1.29, 1.82) is 0 Å². The number of benzene rings is 3. The number of hydrogen-bond donors (Lipinski definition) is 2. The van der Waals surface area contributed by atoms with Gasteiger partial charge in [0.15, 0.2) is 5.75 Å². The van der Waals surface area contributed by atoms with Gasteiger partial charge in [-0.2, -0.15) is 5.10 Å². The number of nitrogens with zero attached hydrogens (tertiary/aromatic N) is 5. The van der Waals surface area contributed by atoms with Gasteiger partial charge in [-0.1, -0.05) is 50.3 Å². The summed E-state index contributed by atoms with van der Waals surface area (Å²) < 4.78 is 35.7. The average molecular weight is 614 g/mol. The molecule has 2 N–H and O–H groups in total. The van der Waals surface area contributed by atoms with E-state index in [4.69, 9.17) is 4.74 Å². The first kappa shape index (κ1) is 30.5. The Kier molecular flexibility index (Phi) is 8.04. The van der Waals surface area contributed by atoms with Crippen molar-refractivity contribution in [3.05, 3.63) is 95.4 Å². The maximum atomic E-state index is 13.7. The fourth-order valence-corrected chi connectivity index (χ4v) is 5.41. The number of sulfonamides is 1. The highest BCUT2D eigenvalue weighted by Crippen LogP contribution is 2.36. The van der Waals surface area contributed by atoms with E-state index in [0.717, 1.165) is 40.0 Å². The fraction of sp³-hybridized carbons (Fsp3) is 0.250. The molecule has 12 heteroatoms. The van der Waals surface area contributed by atoms with E-state index in [1.54, 1.807) is 29.1 Å². The molecule has 0 bridgehead atoms. The molecule has 0 aliphatic rings. The van der Waals surface area contributed by atoms with Gasteiger partial charge in [0.05, 0.1) is 54.1 Å². The minimum Gasteiger partial charge on any atom is -0.494 e. The van der Waals surface area contributed by atoms with Gasteiger partial charge in [0.25, 0.3) is 5.91 Å². The van der Waals surface area contributed by atoms with Crippen LogP contribution in [0.4, 0.5) is 11.4 Å². The van der Waals surface area contributed by atoms with Crippen LogP contribution < -0.4 is 14.8 Å². The average Bonchev–Trinajstić information content (AvgIpc) is 3.59. The van der Waals surface area contributed by atoms with Crippen LogP contribution in [-0.4, -0.2) is 52.5 Å². The number of methoxy groups -OCH3 is 1. The van der Waals surface area contributed by atoms with Crippen molar-refractivity contribution in [3.8, 4) is 28.4 Å². The molecule has 0 fully saturated rings. The Morgan fingerprint density at radius 3 is 2.39 bits per heavy atom. The highest BCUT2D eigenvalue weighted by molar-refractivity contribution is 7.92. The Balaban J connectivity index is 1.46. The zero-order valence-corrected chi connectivity index (χ0v) is 26.5. The van der Waals surface area contributed by atoms with E-state index in [1.165, 1.54) is 7.11 Å². The minimum atomic E-state index is -3.63. The van der Waals surface area contributed by atoms with Crippen molar-refractivity contribution in [2.24, 2.45) is 0 Å². The van der Waals surface area contributed by atoms with Crippen LogP contribution >= 0.6 is 0 Å². The van der Waals surface area contributed by atoms with Crippen LogP contribution in [0.15, 0.2) is 73.1 Å². The largest absolute Gasteiger partial charge is 0.494 e. The van der Waals surface area contributed by atoms with E-state index in [-0.39, 0.29) is 22.4 Å². The normalized spacial score (nSPS) is 11.8. The fourth-order valence-electron chi connectivity index (χ4n) is 4.85. The highest BCUT2D eigenvalue weighted by Gasteiger charge is 2.25. The van der Waals surface area contributed by atoms with Crippen LogP contribution in [-0.2, 0) is 15.4 Å². The number of anilines is 2. The van der Waals surface area contributed by atoms with Crippen LogP contribution in [0.25, 0.3) is 22.6 Å². The molecule has 0 unspecified atom stereocenters. The number of nitrogens with one attached hydrogen (secondary N) is 2. The summed E-state index contributed by atoms with van der Waals surface area (Å²) in [6, 6.07) is 18.7. The summed E-state index contributed by atoms with van der Waals surface area (Å²) in [7, 11) is -2.23. The molecule has 44 heavy (non-hydrogen) atoms. The summed E-state index contributed by atoms with van der Waals surface area (Å²) >= 11 is 0. The predicted octanol–water partition coefficient (Wildman–Crippen LogP) is 5.67. The van der Waals surface area contributed by atoms with Crippen LogP contribution in [0.1, 0.15) is 48.0 Å². The molecule has 0 aliphatic carbocycles. The lowest BCUT2D eigenvalue weighted by molar-refractivity contribution is 0.102. The van der Waals surface area contributed by atoms with Gasteiger partial charge in [0.1, 0.15) is 5.69 Å². The lowest BCUT2D eigenvalue weighted by atomic mass is 9.85. The molecule has 2 heterocycles. The van der Waals surface area contributed by atoms with E-state index < -0.39 is 15.9 Å². The Bertz CT molecular complexity index is 1960. The Morgan fingerprint density at radius 2 is 1.73 bits per heavy atom. The summed E-state index contributed by atoms with van der Waals surface area (Å²) in [6.07, 6.45) is 4.65. The maximum Gasteiger partial charge on any atom is 0.259 e. The molecule has 0 atom stereocenters. The van der Waals surface area contributed by atoms with Gasteiger partial charge in [-0.3, -0.25) is 9.52 Å². The smallest absolute Gasteiger partial charge is 0.259 e. The molecule has 228 valence electrons. The van der Waals surface area contributed by atoms with Crippen molar-refractivity contribution in [1.82, 2.24) is 24.8 Å². The number of carbonyl (C=O) groups is 1. The molecule has 0 radical (unpaired) electrons. The molecule has 0 saturated carbocycles. The second-order valence-electron chi connectivity index (χ2n) is 11.6. The van der Waals surface area contributed by atoms with E-state index >= 15 is 0 Å². The number of ether oxygens (including phenoxy) is 1. The first-order chi connectivity index (χ1) is 20.7. The second kappa shape index (κ2) is 11.6. The number of carbonyl (C=O) groups excluding carboxylic acids is 1. The first-order valence-corrected chi connectivity index (χ1v) is 15.8. The van der Waals surface area contributed by atoms with E-state index in [9.17, 15) is 13.2 Å². The molecule has 0 aliphatic heterocycles. The Hall–Kier alpha value is -4.97. The van der Waals surface area contributed by atoms with Crippen molar-refractivity contribution in [3.63, 3.8) is 0 Å². The van der Waals surface area contributed by atoms with Gasteiger partial charge >= 0.3 is 0 Å². The SMILES string of the molecule is COc1c(NS(C)(=O)=O)cc(C(C)(C)C)cc1C(=O)Nc1ccc(C)c(-n2cc(-c3cnn(-c4ccccc4)c3C)nn2)c1. The lowest BCUT2D eigenvalue weighted by Gasteiger charge is -2.23. The van der Waals surface area contributed by atoms with E-state index in [0.29, 0.717) is 11.4 Å². The number of aryl methyl sites for hydroxylation is 1. The van der Waals surface area contributed by atoms with Crippen LogP contribution in [0.5, 0.6) is 5.75 Å². The van der Waals surface area contributed by atoms with Gasteiger partial charge < -0.3 is 10.1 Å². The molecule has 0 spiro atoms. The molecule has 1 amide bonds. The third-order valence-corrected chi connectivity index (χ3v) is 7.78. The zero-order valence-electron chi connectivity index (χ0n) is 25.7. The third kappa shape index (κ3) is 6.35. The van der Waals surface area contributed by atoms with Crippen molar-refractivity contribution in [2.75, 3.05) is 23.4 Å². The Labute approximate surface area is 256 Å². The number of rotatable bonds is 8. The van der Waals surface area contributed by atoms with Crippen LogP contribution in [0, 0.1) is 13.8 Å². The number of para-hydroxylation sites is 1. The summed E-state index contributed by atoms with van der Waals surface area (Å²) in [5.74, 6) is -0.330. The van der Waals surface area contributed by atoms with E-state index in [2.05, 4.69) is 25.4 Å². The summed E-state index contributed by atoms with van der Waals surface area (Å²) in [5, 5.41) is 16.3. The Morgan fingerprint density at radius 1 is 1.00 bits per heavy atom. The molecule has 5 rings (SSSR count). The number of amides is 1. The van der Waals surface area contributed by atoms with Gasteiger partial charge in [-0.25, -0.2) is 17.8 Å². The van der Waals surface area contributed by atoms with Crippen LogP contribution in [0.2, 0.25) is 0 Å². The van der Waals surface area contributed by atoms with Crippen molar-refractivity contribution < 1.29 is 17.9 Å². The molecular formula is C32H35N7O4S. The van der Waals surface area contributed by atoms with Gasteiger partial charge in [-0.05, 0) is 66.8 Å². The minimum absolute atomic E-state index is 0.126. The number of aromatic nitrogens is 5. The van der Waals surface area contributed by atoms with Gasteiger partial charge in [-0.15, -0.1) is 5.10 Å². The molecule has 11 nitrogen and oxygen atoms in total. The summed E-state index contributed by atoms with van der Waals surface area (Å²) in [5.41, 5.74) is 6.34. The molecular weight excluding hydrogens is 578 g/mol. The third-order valence-electron chi connectivity index (χ3n) is 7.19. The second-order valence-corrected chi connectivity index (χ2v) is 13.4. The van der Waals surface area contributed by atoms with Crippen LogP contribution in [0.3, 0.4) is 0 Å². The molecule has 3 aromatic carbocycles. The quantitative estimate of drug-likeness (QED) is 0.231. The topological polar surface area (TPSA) is 133 Å². The monoisotopic (exact) mass is 613 g/mol. The first-order valence-electron chi connectivity index (χ1n) is 13.9. The molecule has 2 aromatic heterocycles. The lowest BCUT2D eigenvalue weighted by Crippen LogP contribution is -2.20. The maximum absolute atomic E-state index is 13.7. The number of hydrogen-bond acceptors (Lipinski definition) is 7. The van der Waals surface area contributed by atoms with Gasteiger partial charge in [0.2, 0.25) is 10.0 Å².